The summed E-state index contributed by atoms with van der Waals surface area (Å²) in [7, 11) is 0. The van der Waals surface area contributed by atoms with Gasteiger partial charge in [0.25, 0.3) is 0 Å². The summed E-state index contributed by atoms with van der Waals surface area (Å²) >= 11 is 0.861. The van der Waals surface area contributed by atoms with Gasteiger partial charge in [0.15, 0.2) is 0 Å². The van der Waals surface area contributed by atoms with Gasteiger partial charge in [-0.05, 0) is 24.5 Å². The first-order chi connectivity index (χ1) is 4.83. The normalized spacial score (nSPS) is 9.80. The lowest BCUT2D eigenvalue weighted by Crippen LogP contribution is -1.78. The Morgan fingerprint density at radius 3 is 2.40 bits per heavy atom. The maximum Gasteiger partial charge on any atom is 0.0446 e. The molecule has 1 rings (SSSR count). The summed E-state index contributed by atoms with van der Waals surface area (Å²) in [5.74, 6) is 0.681. The second-order valence-electron chi connectivity index (χ2n) is 2.26. The molecule has 0 heterocycles. The molecule has 0 atom stereocenters. The lowest BCUT2D eigenvalue weighted by Gasteiger charge is -1.96. The average Bonchev–Trinajstić information content (AvgIpc) is 1.95. The van der Waals surface area contributed by atoms with Crippen molar-refractivity contribution in [1.29, 1.82) is 0 Å². The van der Waals surface area contributed by atoms with Crippen molar-refractivity contribution in [3.05, 3.63) is 35.4 Å². The number of aryl methyl sites for hydroxylation is 1. The van der Waals surface area contributed by atoms with Crippen LogP contribution in [0, 0.1) is 6.92 Å². The molecule has 0 aromatic heterocycles. The molecule has 0 aliphatic heterocycles. The van der Waals surface area contributed by atoms with Crippen molar-refractivity contribution in [1.82, 2.24) is 0 Å². The topological polar surface area (TPSA) is 20.2 Å². The van der Waals surface area contributed by atoms with Gasteiger partial charge in [-0.1, -0.05) is 29.8 Å². The number of hydrogen-bond donors (Lipinski definition) is 1. The van der Waals surface area contributed by atoms with Crippen LogP contribution < -0.4 is 0 Å². The molecular weight excluding hydrogens is 144 g/mol. The Morgan fingerprint density at radius 2 is 1.90 bits per heavy atom. The molecule has 0 fully saturated rings. The molecule has 0 unspecified atom stereocenters. The Bertz CT molecular complexity index is 193. The molecule has 1 nitrogen and oxygen atoms in total. The van der Waals surface area contributed by atoms with E-state index in [0.717, 1.165) is 17.6 Å². The minimum absolute atomic E-state index is 0.681. The number of hydrogen-bond acceptors (Lipinski definition) is 2. The van der Waals surface area contributed by atoms with Crippen LogP contribution in [0.15, 0.2) is 24.3 Å². The summed E-state index contributed by atoms with van der Waals surface area (Å²) in [6.07, 6.45) is 0. The van der Waals surface area contributed by atoms with Crippen molar-refractivity contribution in [3.63, 3.8) is 0 Å². The third-order valence-corrected chi connectivity index (χ3v) is 1.81. The highest BCUT2D eigenvalue weighted by molar-refractivity contribution is 7.92. The molecule has 1 aromatic carbocycles. The third-order valence-electron chi connectivity index (χ3n) is 1.35. The van der Waals surface area contributed by atoms with Crippen LogP contribution in [0.4, 0.5) is 0 Å². The van der Waals surface area contributed by atoms with Crippen molar-refractivity contribution in [2.45, 2.75) is 12.7 Å². The Morgan fingerprint density at radius 1 is 1.30 bits per heavy atom. The minimum Gasteiger partial charge on any atom is -0.330 e. The largest absolute Gasteiger partial charge is 0.330 e. The molecular formula is C8H10OS. The smallest absolute Gasteiger partial charge is 0.0446 e. The van der Waals surface area contributed by atoms with Gasteiger partial charge < -0.3 is 4.55 Å². The fraction of sp³-hybridized carbons (Fsp3) is 0.250. The Labute approximate surface area is 65.3 Å². The van der Waals surface area contributed by atoms with Gasteiger partial charge in [-0.25, -0.2) is 0 Å². The van der Waals surface area contributed by atoms with Gasteiger partial charge in [0, 0.05) is 5.75 Å². The highest BCUT2D eigenvalue weighted by Gasteiger charge is 1.89. The summed E-state index contributed by atoms with van der Waals surface area (Å²) in [6.45, 7) is 2.05. The second kappa shape index (κ2) is 3.64. The monoisotopic (exact) mass is 154 g/mol. The minimum atomic E-state index is 0.681. The SMILES string of the molecule is Cc1ccc(CSO)cc1. The molecule has 0 aliphatic rings. The molecule has 0 saturated heterocycles. The summed E-state index contributed by atoms with van der Waals surface area (Å²) in [5, 5.41) is 0. The summed E-state index contributed by atoms with van der Waals surface area (Å²) in [5.41, 5.74) is 2.42. The van der Waals surface area contributed by atoms with Crippen molar-refractivity contribution >= 4 is 12.0 Å². The fourth-order valence-electron chi connectivity index (χ4n) is 0.759. The summed E-state index contributed by atoms with van der Waals surface area (Å²) in [6, 6.07) is 8.15. The zero-order valence-electron chi connectivity index (χ0n) is 5.87. The highest BCUT2D eigenvalue weighted by atomic mass is 32.2. The van der Waals surface area contributed by atoms with Crippen molar-refractivity contribution in [2.24, 2.45) is 0 Å². The molecule has 0 radical (unpaired) electrons. The lowest BCUT2D eigenvalue weighted by atomic mass is 10.2. The van der Waals surface area contributed by atoms with E-state index in [1.165, 1.54) is 5.56 Å². The molecule has 0 spiro atoms. The van der Waals surface area contributed by atoms with E-state index < -0.39 is 0 Å². The second-order valence-corrected chi connectivity index (χ2v) is 2.81. The number of rotatable bonds is 2. The first kappa shape index (κ1) is 7.63. The van der Waals surface area contributed by atoms with Crippen LogP contribution in [-0.4, -0.2) is 4.55 Å². The van der Waals surface area contributed by atoms with Crippen LogP contribution in [0.3, 0.4) is 0 Å². The molecule has 1 aromatic rings. The zero-order chi connectivity index (χ0) is 7.40. The average molecular weight is 154 g/mol. The predicted molar refractivity (Wildman–Crippen MR) is 45.1 cm³/mol. The zero-order valence-corrected chi connectivity index (χ0v) is 6.69. The van der Waals surface area contributed by atoms with E-state index in [1.807, 2.05) is 24.3 Å². The fourth-order valence-corrected chi connectivity index (χ4v) is 1.10. The van der Waals surface area contributed by atoms with Crippen LogP contribution in [0.2, 0.25) is 0 Å². The Balaban J connectivity index is 2.69. The van der Waals surface area contributed by atoms with Crippen molar-refractivity contribution in [2.75, 3.05) is 0 Å². The highest BCUT2D eigenvalue weighted by Crippen LogP contribution is 2.08. The van der Waals surface area contributed by atoms with E-state index in [0.29, 0.717) is 5.75 Å². The van der Waals surface area contributed by atoms with Gasteiger partial charge >= 0.3 is 0 Å². The van der Waals surface area contributed by atoms with Gasteiger partial charge in [0.05, 0.1) is 0 Å². The molecule has 0 amide bonds. The molecule has 0 saturated carbocycles. The van der Waals surface area contributed by atoms with E-state index in [9.17, 15) is 0 Å². The van der Waals surface area contributed by atoms with E-state index in [4.69, 9.17) is 4.55 Å². The maximum atomic E-state index is 8.51. The first-order valence-electron chi connectivity index (χ1n) is 3.15. The molecule has 10 heavy (non-hydrogen) atoms. The van der Waals surface area contributed by atoms with E-state index in [2.05, 4.69) is 6.92 Å². The Hall–Kier alpha value is -0.470. The van der Waals surface area contributed by atoms with E-state index in [-0.39, 0.29) is 0 Å². The molecule has 2 heteroatoms. The number of benzene rings is 1. The van der Waals surface area contributed by atoms with Crippen molar-refractivity contribution in [3.8, 4) is 0 Å². The summed E-state index contributed by atoms with van der Waals surface area (Å²) in [4.78, 5) is 0. The van der Waals surface area contributed by atoms with Crippen LogP contribution in [0.5, 0.6) is 0 Å². The van der Waals surface area contributed by atoms with Crippen LogP contribution in [0.25, 0.3) is 0 Å². The standard InChI is InChI=1S/C8H10OS/c1-7-2-4-8(5-3-7)6-10-9/h2-5,9H,6H2,1H3. The quantitative estimate of drug-likeness (QED) is 0.661. The van der Waals surface area contributed by atoms with Crippen molar-refractivity contribution < 1.29 is 4.55 Å². The van der Waals surface area contributed by atoms with E-state index >= 15 is 0 Å². The van der Waals surface area contributed by atoms with Gasteiger partial charge in [-0.3, -0.25) is 0 Å². The molecule has 0 bridgehead atoms. The Kier molecular flexibility index (Phi) is 2.78. The first-order valence-corrected chi connectivity index (χ1v) is 4.09. The van der Waals surface area contributed by atoms with Gasteiger partial charge in [-0.15, -0.1) is 0 Å². The molecule has 1 N–H and O–H groups in total. The van der Waals surface area contributed by atoms with Crippen LogP contribution in [-0.2, 0) is 5.75 Å². The van der Waals surface area contributed by atoms with Gasteiger partial charge in [0.1, 0.15) is 0 Å². The molecule has 0 aliphatic carbocycles. The third kappa shape index (κ3) is 2.05. The van der Waals surface area contributed by atoms with Gasteiger partial charge in [0.2, 0.25) is 0 Å². The summed E-state index contributed by atoms with van der Waals surface area (Å²) < 4.78 is 8.51. The predicted octanol–water partition coefficient (Wildman–Crippen LogP) is 2.70. The molecule has 54 valence electrons. The van der Waals surface area contributed by atoms with E-state index in [1.54, 1.807) is 0 Å². The lowest BCUT2D eigenvalue weighted by molar-refractivity contribution is 0.663. The van der Waals surface area contributed by atoms with Gasteiger partial charge in [-0.2, -0.15) is 0 Å². The van der Waals surface area contributed by atoms with Crippen LogP contribution >= 0.6 is 12.0 Å². The van der Waals surface area contributed by atoms with Crippen LogP contribution in [0.1, 0.15) is 11.1 Å². The maximum absolute atomic E-state index is 8.51.